The highest BCUT2D eigenvalue weighted by Crippen LogP contribution is 2.27. The lowest BCUT2D eigenvalue weighted by Gasteiger charge is -2.04. The Hall–Kier alpha value is -1.72. The van der Waals surface area contributed by atoms with E-state index >= 15 is 0 Å². The molecule has 0 saturated carbocycles. The largest absolute Gasteiger partial charge is 0.287 e. The number of rotatable bonds is 3. The lowest BCUT2D eigenvalue weighted by Crippen LogP contribution is -2.04. The molecule has 0 amide bonds. The van der Waals surface area contributed by atoms with Gasteiger partial charge in [-0.3, -0.25) is 4.79 Å². The fourth-order valence-electron chi connectivity index (χ4n) is 2.01. The molecule has 1 heterocycles. The van der Waals surface area contributed by atoms with E-state index in [1.165, 1.54) is 23.3 Å². The molecule has 0 N–H and O–H groups in total. The van der Waals surface area contributed by atoms with Crippen LogP contribution in [0.2, 0.25) is 0 Å². The number of hydrogen-bond acceptors (Lipinski definition) is 5. The van der Waals surface area contributed by atoms with Crippen LogP contribution in [0, 0.1) is 0 Å². The van der Waals surface area contributed by atoms with Crippen molar-refractivity contribution in [3.63, 3.8) is 0 Å². The molecule has 0 fully saturated rings. The van der Waals surface area contributed by atoms with Crippen LogP contribution in [0.1, 0.15) is 16.1 Å². The lowest BCUT2D eigenvalue weighted by molar-refractivity contribution is 0.103. The summed E-state index contributed by atoms with van der Waals surface area (Å²) in [4.78, 5) is 12.6. The molecule has 5 heteroatoms. The molecule has 0 saturated heterocycles. The van der Waals surface area contributed by atoms with Crippen molar-refractivity contribution in [2.45, 2.75) is 4.21 Å². The number of carbonyl (C=O) groups excluding carboxylic acids is 1. The van der Waals surface area contributed by atoms with Crippen LogP contribution in [0.15, 0.2) is 46.7 Å². The van der Waals surface area contributed by atoms with E-state index in [1.54, 1.807) is 0 Å². The van der Waals surface area contributed by atoms with Gasteiger partial charge < -0.3 is 0 Å². The molecule has 3 nitrogen and oxygen atoms in total. The van der Waals surface area contributed by atoms with E-state index in [4.69, 9.17) is 0 Å². The zero-order valence-corrected chi connectivity index (χ0v) is 11.8. The van der Waals surface area contributed by atoms with Crippen molar-refractivity contribution in [3.05, 3.63) is 53.7 Å². The summed E-state index contributed by atoms with van der Waals surface area (Å²) >= 11 is 2.76. The number of aromatic nitrogens is 2. The molecule has 0 aliphatic heterocycles. The van der Waals surface area contributed by atoms with Crippen LogP contribution in [0.3, 0.4) is 0 Å². The van der Waals surface area contributed by atoms with Crippen molar-refractivity contribution in [1.82, 2.24) is 9.59 Å². The first-order valence-electron chi connectivity index (χ1n) is 5.70. The van der Waals surface area contributed by atoms with Gasteiger partial charge in [0.05, 0.1) is 0 Å². The number of fused-ring (bicyclic) bond motifs is 1. The number of benzene rings is 2. The van der Waals surface area contributed by atoms with Gasteiger partial charge in [0, 0.05) is 5.56 Å². The molecule has 19 heavy (non-hydrogen) atoms. The van der Waals surface area contributed by atoms with Crippen molar-refractivity contribution in [2.24, 2.45) is 0 Å². The van der Waals surface area contributed by atoms with E-state index in [0.717, 1.165) is 15.0 Å². The Labute approximate surface area is 118 Å². The van der Waals surface area contributed by atoms with Crippen LogP contribution >= 0.6 is 23.3 Å². The van der Waals surface area contributed by atoms with Crippen molar-refractivity contribution in [2.75, 3.05) is 6.26 Å². The van der Waals surface area contributed by atoms with E-state index < -0.39 is 0 Å². The summed E-state index contributed by atoms with van der Waals surface area (Å²) in [5, 5.41) is 5.98. The standard InChI is InChI=1S/C14H10N2OS2/c1-18-14-12(15-16-19-14)13(17)11-8-4-6-9-5-2-3-7-10(9)11/h2-8H,1H3. The second kappa shape index (κ2) is 5.11. The van der Waals surface area contributed by atoms with E-state index in [0.29, 0.717) is 11.3 Å². The number of nitrogens with zero attached hydrogens (tertiary/aromatic N) is 2. The molecule has 0 aliphatic carbocycles. The third-order valence-corrected chi connectivity index (χ3v) is 4.70. The Bertz CT molecular complexity index is 747. The van der Waals surface area contributed by atoms with Crippen molar-refractivity contribution < 1.29 is 4.79 Å². The minimum absolute atomic E-state index is 0.0603. The third kappa shape index (κ3) is 2.15. The molecule has 0 spiro atoms. The second-order valence-corrected chi connectivity index (χ2v) is 5.80. The first kappa shape index (κ1) is 12.3. The fraction of sp³-hybridized carbons (Fsp3) is 0.0714. The summed E-state index contributed by atoms with van der Waals surface area (Å²) in [6, 6.07) is 13.6. The van der Waals surface area contributed by atoms with Crippen molar-refractivity contribution in [1.29, 1.82) is 0 Å². The van der Waals surface area contributed by atoms with Gasteiger partial charge in [-0.05, 0) is 28.6 Å². The molecule has 0 aliphatic rings. The average molecular weight is 286 g/mol. The molecule has 0 bridgehead atoms. The van der Waals surface area contributed by atoms with E-state index in [-0.39, 0.29) is 5.78 Å². The van der Waals surface area contributed by atoms with Crippen molar-refractivity contribution >= 4 is 39.9 Å². The molecule has 3 aromatic rings. The smallest absolute Gasteiger partial charge is 0.215 e. The van der Waals surface area contributed by atoms with E-state index in [1.807, 2.05) is 48.7 Å². The first-order chi connectivity index (χ1) is 9.31. The van der Waals surface area contributed by atoms with Gasteiger partial charge in [-0.1, -0.05) is 47.0 Å². The summed E-state index contributed by atoms with van der Waals surface area (Å²) in [5.74, 6) is -0.0603. The van der Waals surface area contributed by atoms with Gasteiger partial charge in [0.15, 0.2) is 5.69 Å². The topological polar surface area (TPSA) is 42.9 Å². The Kier molecular flexibility index (Phi) is 3.31. The van der Waals surface area contributed by atoms with Crippen LogP contribution in [0.4, 0.5) is 0 Å². The van der Waals surface area contributed by atoms with Gasteiger partial charge in [0.2, 0.25) is 5.78 Å². The Morgan fingerprint density at radius 2 is 1.95 bits per heavy atom. The summed E-state index contributed by atoms with van der Waals surface area (Å²) in [6.07, 6.45) is 1.93. The van der Waals surface area contributed by atoms with E-state index in [9.17, 15) is 4.79 Å². The van der Waals surface area contributed by atoms with Gasteiger partial charge in [-0.2, -0.15) is 0 Å². The third-order valence-electron chi connectivity index (χ3n) is 2.89. The second-order valence-electron chi connectivity index (χ2n) is 3.97. The highest BCUT2D eigenvalue weighted by Gasteiger charge is 2.19. The number of thioether (sulfide) groups is 1. The maximum absolute atomic E-state index is 12.6. The van der Waals surface area contributed by atoms with Gasteiger partial charge >= 0.3 is 0 Å². The first-order valence-corrected chi connectivity index (χ1v) is 7.70. The van der Waals surface area contributed by atoms with Gasteiger partial charge in [0.1, 0.15) is 4.21 Å². The molecule has 1 aromatic heterocycles. The predicted molar refractivity (Wildman–Crippen MR) is 79.1 cm³/mol. The average Bonchev–Trinajstić information content (AvgIpc) is 2.94. The number of carbonyl (C=O) groups is 1. The van der Waals surface area contributed by atoms with Gasteiger partial charge in [0.25, 0.3) is 0 Å². The fourth-order valence-corrected chi connectivity index (χ4v) is 3.15. The molecule has 0 radical (unpaired) electrons. The normalized spacial score (nSPS) is 10.8. The maximum atomic E-state index is 12.6. The van der Waals surface area contributed by atoms with Crippen LogP contribution in [-0.2, 0) is 0 Å². The lowest BCUT2D eigenvalue weighted by atomic mass is 10.0. The minimum Gasteiger partial charge on any atom is -0.287 e. The Balaban J connectivity index is 2.17. The van der Waals surface area contributed by atoms with Crippen LogP contribution in [-0.4, -0.2) is 21.6 Å². The molecular formula is C14H10N2OS2. The zero-order chi connectivity index (χ0) is 13.2. The molecule has 2 aromatic carbocycles. The number of ketones is 1. The Morgan fingerprint density at radius 3 is 2.79 bits per heavy atom. The van der Waals surface area contributed by atoms with Crippen molar-refractivity contribution in [3.8, 4) is 0 Å². The molecular weight excluding hydrogens is 276 g/mol. The summed E-state index contributed by atoms with van der Waals surface area (Å²) in [7, 11) is 0. The predicted octanol–water partition coefficient (Wildman–Crippen LogP) is 3.64. The SMILES string of the molecule is CSc1snnc1C(=O)c1cccc2ccccc12. The highest BCUT2D eigenvalue weighted by atomic mass is 32.2. The zero-order valence-electron chi connectivity index (χ0n) is 10.2. The van der Waals surface area contributed by atoms with Crippen LogP contribution < -0.4 is 0 Å². The quantitative estimate of drug-likeness (QED) is 0.544. The van der Waals surface area contributed by atoms with Gasteiger partial charge in [-0.15, -0.1) is 16.9 Å². The van der Waals surface area contributed by atoms with Crippen LogP contribution in [0.25, 0.3) is 10.8 Å². The molecule has 0 unspecified atom stereocenters. The summed E-state index contributed by atoms with van der Waals surface area (Å²) < 4.78 is 4.73. The summed E-state index contributed by atoms with van der Waals surface area (Å²) in [5.41, 5.74) is 1.13. The minimum atomic E-state index is -0.0603. The van der Waals surface area contributed by atoms with Gasteiger partial charge in [-0.25, -0.2) is 0 Å². The molecule has 94 valence electrons. The highest BCUT2D eigenvalue weighted by molar-refractivity contribution is 8.00. The Morgan fingerprint density at radius 1 is 1.16 bits per heavy atom. The maximum Gasteiger partial charge on any atom is 0.215 e. The monoisotopic (exact) mass is 286 g/mol. The van der Waals surface area contributed by atoms with Crippen LogP contribution in [0.5, 0.6) is 0 Å². The molecule has 3 rings (SSSR count). The van der Waals surface area contributed by atoms with E-state index in [2.05, 4.69) is 9.59 Å². The summed E-state index contributed by atoms with van der Waals surface area (Å²) in [6.45, 7) is 0. The molecule has 0 atom stereocenters. The number of hydrogen-bond donors (Lipinski definition) is 0.